The van der Waals surface area contributed by atoms with Crippen molar-refractivity contribution in [3.8, 4) is 0 Å². The quantitative estimate of drug-likeness (QED) is 0.794. The molecule has 1 aromatic carbocycles. The van der Waals surface area contributed by atoms with Gasteiger partial charge in [-0.3, -0.25) is 9.69 Å². The zero-order valence-electron chi connectivity index (χ0n) is 10.6. The summed E-state index contributed by atoms with van der Waals surface area (Å²) in [5, 5.41) is 0.625. The number of carbonyl (C=O) groups excluding carboxylic acids is 1. The van der Waals surface area contributed by atoms with Crippen LogP contribution in [0.2, 0.25) is 5.02 Å². The van der Waals surface area contributed by atoms with Crippen molar-refractivity contribution in [1.29, 1.82) is 0 Å². The average Bonchev–Trinajstić information content (AvgIpc) is 2.66. The first-order valence-electron chi connectivity index (χ1n) is 6.30. The highest BCUT2D eigenvalue weighted by Gasteiger charge is 2.23. The summed E-state index contributed by atoms with van der Waals surface area (Å²) in [7, 11) is 0. The van der Waals surface area contributed by atoms with E-state index in [1.165, 1.54) is 5.75 Å². The molecule has 1 fully saturated rings. The number of carbonyl (C=O) groups is 1. The van der Waals surface area contributed by atoms with E-state index in [2.05, 4.69) is 4.90 Å². The molecule has 0 aromatic heterocycles. The minimum atomic E-state index is -0.0535. The van der Waals surface area contributed by atoms with Crippen LogP contribution >= 0.6 is 23.4 Å². The summed E-state index contributed by atoms with van der Waals surface area (Å²) in [5.41, 5.74) is 0.715. The van der Waals surface area contributed by atoms with Crippen molar-refractivity contribution in [2.75, 3.05) is 24.6 Å². The van der Waals surface area contributed by atoms with Gasteiger partial charge in [-0.15, -0.1) is 0 Å². The van der Waals surface area contributed by atoms with Crippen molar-refractivity contribution >= 4 is 29.1 Å². The highest BCUT2D eigenvalue weighted by Crippen LogP contribution is 2.17. The number of hydrogen-bond donors (Lipinski definition) is 0. The minimum absolute atomic E-state index is 0.0535. The van der Waals surface area contributed by atoms with Gasteiger partial charge in [0.2, 0.25) is 0 Å². The molecule has 98 valence electrons. The Morgan fingerprint density at radius 3 is 3.00 bits per heavy atom. The van der Waals surface area contributed by atoms with Crippen LogP contribution in [0.3, 0.4) is 0 Å². The van der Waals surface area contributed by atoms with Crippen LogP contribution in [0.25, 0.3) is 0 Å². The van der Waals surface area contributed by atoms with Crippen LogP contribution in [-0.4, -0.2) is 41.3 Å². The first kappa shape index (κ1) is 13.9. The number of Topliss-reactive ketones (excluding diaryl/α,β-unsaturated/α-hetero) is 1. The molecule has 18 heavy (non-hydrogen) atoms. The largest absolute Gasteiger partial charge is 0.293 e. The number of nitrogens with zero attached hydrogens (tertiary/aromatic N) is 1. The predicted octanol–water partition coefficient (Wildman–Crippen LogP) is 3.35. The summed E-state index contributed by atoms with van der Waals surface area (Å²) >= 11 is 7.91. The van der Waals surface area contributed by atoms with Gasteiger partial charge in [-0.25, -0.2) is 0 Å². The maximum Gasteiger partial charge on any atom is 0.179 e. The molecule has 1 aliphatic heterocycles. The number of benzene rings is 1. The van der Waals surface area contributed by atoms with E-state index in [1.807, 2.05) is 30.8 Å². The molecule has 1 heterocycles. The first-order valence-corrected chi connectivity index (χ1v) is 7.83. The molecular formula is C14H18ClNOS. The van der Waals surface area contributed by atoms with Crippen LogP contribution < -0.4 is 0 Å². The maximum atomic E-state index is 12.4. The van der Waals surface area contributed by atoms with Gasteiger partial charge in [-0.1, -0.05) is 23.7 Å². The summed E-state index contributed by atoms with van der Waals surface area (Å²) in [4.78, 5) is 14.7. The molecule has 1 unspecified atom stereocenters. The standard InChI is InChI=1S/C14H18ClNOS/c1-11(16-6-3-8-18-9-7-16)14(17)12-4-2-5-13(15)10-12/h2,4-5,10-11H,3,6-9H2,1H3. The molecule has 1 aromatic rings. The molecule has 0 saturated carbocycles. The Balaban J connectivity index is 2.07. The van der Waals surface area contributed by atoms with E-state index in [0.29, 0.717) is 10.6 Å². The Kier molecular flexibility index (Phi) is 5.10. The summed E-state index contributed by atoms with van der Waals surface area (Å²) < 4.78 is 0. The van der Waals surface area contributed by atoms with Gasteiger partial charge >= 0.3 is 0 Å². The summed E-state index contributed by atoms with van der Waals surface area (Å²) in [5.74, 6) is 2.49. The van der Waals surface area contributed by atoms with Crippen molar-refractivity contribution in [2.24, 2.45) is 0 Å². The molecular weight excluding hydrogens is 266 g/mol. The second-order valence-electron chi connectivity index (χ2n) is 4.55. The molecule has 0 N–H and O–H groups in total. The Morgan fingerprint density at radius 1 is 1.39 bits per heavy atom. The lowest BCUT2D eigenvalue weighted by Crippen LogP contribution is -2.40. The predicted molar refractivity (Wildman–Crippen MR) is 78.8 cm³/mol. The number of hydrogen-bond acceptors (Lipinski definition) is 3. The van der Waals surface area contributed by atoms with Crippen molar-refractivity contribution in [1.82, 2.24) is 4.90 Å². The third-order valence-electron chi connectivity index (χ3n) is 3.29. The number of ketones is 1. The first-order chi connectivity index (χ1) is 8.68. The third kappa shape index (κ3) is 3.50. The Morgan fingerprint density at radius 2 is 2.22 bits per heavy atom. The highest BCUT2D eigenvalue weighted by atomic mass is 35.5. The zero-order chi connectivity index (χ0) is 13.0. The second-order valence-corrected chi connectivity index (χ2v) is 6.21. The Labute approximate surface area is 118 Å². The smallest absolute Gasteiger partial charge is 0.179 e. The maximum absolute atomic E-state index is 12.4. The van der Waals surface area contributed by atoms with Gasteiger partial charge in [-0.05, 0) is 37.8 Å². The van der Waals surface area contributed by atoms with Crippen molar-refractivity contribution in [3.63, 3.8) is 0 Å². The molecule has 0 amide bonds. The van der Waals surface area contributed by atoms with Crippen LogP contribution in [-0.2, 0) is 0 Å². The fourth-order valence-electron chi connectivity index (χ4n) is 2.20. The normalized spacial score (nSPS) is 19.2. The summed E-state index contributed by atoms with van der Waals surface area (Å²) in [6.07, 6.45) is 1.16. The monoisotopic (exact) mass is 283 g/mol. The molecule has 1 saturated heterocycles. The lowest BCUT2D eigenvalue weighted by atomic mass is 10.0. The van der Waals surface area contributed by atoms with Gasteiger partial charge in [0, 0.05) is 22.9 Å². The van der Waals surface area contributed by atoms with E-state index in [9.17, 15) is 4.79 Å². The number of thioether (sulfide) groups is 1. The fraction of sp³-hybridized carbons (Fsp3) is 0.500. The molecule has 2 rings (SSSR count). The molecule has 0 spiro atoms. The number of halogens is 1. The van der Waals surface area contributed by atoms with E-state index < -0.39 is 0 Å². The van der Waals surface area contributed by atoms with E-state index in [-0.39, 0.29) is 11.8 Å². The van der Waals surface area contributed by atoms with Gasteiger partial charge < -0.3 is 0 Å². The highest BCUT2D eigenvalue weighted by molar-refractivity contribution is 7.99. The number of rotatable bonds is 3. The van der Waals surface area contributed by atoms with Crippen molar-refractivity contribution in [3.05, 3.63) is 34.9 Å². The lowest BCUT2D eigenvalue weighted by molar-refractivity contribution is 0.0848. The molecule has 0 radical (unpaired) electrons. The van der Waals surface area contributed by atoms with Crippen molar-refractivity contribution in [2.45, 2.75) is 19.4 Å². The third-order valence-corrected chi connectivity index (χ3v) is 4.58. The summed E-state index contributed by atoms with van der Waals surface area (Å²) in [6.45, 7) is 4.01. The molecule has 1 atom stereocenters. The SMILES string of the molecule is CC(C(=O)c1cccc(Cl)c1)N1CCCSCC1. The van der Waals surface area contributed by atoms with Gasteiger partial charge in [-0.2, -0.15) is 11.8 Å². The zero-order valence-corrected chi connectivity index (χ0v) is 12.1. The molecule has 4 heteroatoms. The van der Waals surface area contributed by atoms with Gasteiger partial charge in [0.15, 0.2) is 5.78 Å². The van der Waals surface area contributed by atoms with E-state index >= 15 is 0 Å². The molecule has 0 bridgehead atoms. The Bertz CT molecular complexity index is 416. The summed E-state index contributed by atoms with van der Waals surface area (Å²) in [6, 6.07) is 7.18. The molecule has 0 aliphatic carbocycles. The Hall–Kier alpha value is -0.510. The van der Waals surface area contributed by atoms with Gasteiger partial charge in [0.05, 0.1) is 6.04 Å². The van der Waals surface area contributed by atoms with E-state index in [0.717, 1.165) is 25.3 Å². The van der Waals surface area contributed by atoms with Gasteiger partial charge in [0.25, 0.3) is 0 Å². The van der Waals surface area contributed by atoms with Crippen LogP contribution in [0, 0.1) is 0 Å². The molecule has 1 aliphatic rings. The second kappa shape index (κ2) is 6.60. The van der Waals surface area contributed by atoms with E-state index in [4.69, 9.17) is 11.6 Å². The van der Waals surface area contributed by atoms with Crippen molar-refractivity contribution < 1.29 is 4.79 Å². The van der Waals surface area contributed by atoms with Crippen LogP contribution in [0.5, 0.6) is 0 Å². The van der Waals surface area contributed by atoms with Crippen LogP contribution in [0.1, 0.15) is 23.7 Å². The van der Waals surface area contributed by atoms with E-state index in [1.54, 1.807) is 12.1 Å². The fourth-order valence-corrected chi connectivity index (χ4v) is 3.29. The molecule has 2 nitrogen and oxygen atoms in total. The van der Waals surface area contributed by atoms with Gasteiger partial charge in [0.1, 0.15) is 0 Å². The van der Waals surface area contributed by atoms with Crippen LogP contribution in [0.4, 0.5) is 0 Å². The lowest BCUT2D eigenvalue weighted by Gasteiger charge is -2.26. The average molecular weight is 284 g/mol. The topological polar surface area (TPSA) is 20.3 Å². The van der Waals surface area contributed by atoms with Crippen LogP contribution in [0.15, 0.2) is 24.3 Å². The minimum Gasteiger partial charge on any atom is -0.293 e.